The number of benzene rings is 1. The topological polar surface area (TPSA) is 61.6 Å². The van der Waals surface area contributed by atoms with Gasteiger partial charge in [0, 0.05) is 31.2 Å². The van der Waals surface area contributed by atoms with Gasteiger partial charge in [-0.1, -0.05) is 6.42 Å². The van der Waals surface area contributed by atoms with Crippen LogP contribution in [0, 0.1) is 0 Å². The van der Waals surface area contributed by atoms with E-state index in [4.69, 9.17) is 4.42 Å². The summed E-state index contributed by atoms with van der Waals surface area (Å²) < 4.78 is 5.97. The zero-order chi connectivity index (χ0) is 17.2. The molecule has 2 aliphatic heterocycles. The molecule has 0 bridgehead atoms. The minimum absolute atomic E-state index is 0.0753. The molecule has 6 heteroatoms. The summed E-state index contributed by atoms with van der Waals surface area (Å²) in [6, 6.07) is 6.75. The van der Waals surface area contributed by atoms with Crippen molar-refractivity contribution in [2.45, 2.75) is 38.6 Å². The van der Waals surface area contributed by atoms with E-state index in [2.05, 4.69) is 20.1 Å². The molecule has 2 aliphatic rings. The first-order chi connectivity index (χ1) is 12.2. The van der Waals surface area contributed by atoms with E-state index < -0.39 is 0 Å². The molecular weight excluding hydrogens is 316 g/mol. The Morgan fingerprint density at radius 2 is 2.12 bits per heavy atom. The van der Waals surface area contributed by atoms with Gasteiger partial charge in [-0.05, 0) is 57.5 Å². The van der Waals surface area contributed by atoms with Crippen LogP contribution < -0.4 is 10.2 Å². The molecule has 25 heavy (non-hydrogen) atoms. The molecule has 0 saturated carbocycles. The normalized spacial score (nSPS) is 21.8. The predicted octanol–water partition coefficient (Wildman–Crippen LogP) is 2.64. The SMILES string of the molecule is CCNC(=O)c1ccc2nc(N3CCC(N4CCCCC4)C3)oc2c1. The number of amides is 1. The number of nitrogens with one attached hydrogen (secondary N) is 1. The Hall–Kier alpha value is -2.08. The number of carbonyl (C=O) groups excluding carboxylic acids is 1. The average Bonchev–Trinajstić information content (AvgIpc) is 3.29. The summed E-state index contributed by atoms with van der Waals surface area (Å²) in [6.07, 6.45) is 5.18. The lowest BCUT2D eigenvalue weighted by molar-refractivity contribution is 0.0956. The average molecular weight is 342 g/mol. The van der Waals surface area contributed by atoms with E-state index in [1.54, 1.807) is 12.1 Å². The Morgan fingerprint density at radius 1 is 1.28 bits per heavy atom. The van der Waals surface area contributed by atoms with E-state index in [1.165, 1.54) is 38.8 Å². The van der Waals surface area contributed by atoms with Gasteiger partial charge in [0.25, 0.3) is 11.9 Å². The van der Waals surface area contributed by atoms with Gasteiger partial charge in [0.15, 0.2) is 5.58 Å². The largest absolute Gasteiger partial charge is 0.423 e. The number of carbonyl (C=O) groups is 1. The van der Waals surface area contributed by atoms with Crippen molar-refractivity contribution in [2.24, 2.45) is 0 Å². The summed E-state index contributed by atoms with van der Waals surface area (Å²) in [5.41, 5.74) is 2.11. The highest BCUT2D eigenvalue weighted by molar-refractivity contribution is 5.97. The standard InChI is InChI=1S/C19H26N4O2/c1-2-20-18(24)14-6-7-16-17(12-14)25-19(21-16)23-11-8-15(13-23)22-9-4-3-5-10-22/h6-7,12,15H,2-5,8-11,13H2,1H3,(H,20,24). The van der Waals surface area contributed by atoms with Gasteiger partial charge in [-0.25, -0.2) is 0 Å². The Labute approximate surface area is 148 Å². The van der Waals surface area contributed by atoms with Crippen molar-refractivity contribution in [3.63, 3.8) is 0 Å². The number of hydrogen-bond acceptors (Lipinski definition) is 5. The van der Waals surface area contributed by atoms with Crippen LogP contribution in [0.1, 0.15) is 43.0 Å². The maximum absolute atomic E-state index is 12.0. The van der Waals surface area contributed by atoms with Gasteiger partial charge in [0.05, 0.1) is 0 Å². The number of aromatic nitrogens is 1. The molecule has 1 atom stereocenters. The smallest absolute Gasteiger partial charge is 0.298 e. The molecule has 0 radical (unpaired) electrons. The number of hydrogen-bond donors (Lipinski definition) is 1. The van der Waals surface area contributed by atoms with Gasteiger partial charge in [-0.15, -0.1) is 0 Å². The highest BCUT2D eigenvalue weighted by atomic mass is 16.4. The number of rotatable bonds is 4. The predicted molar refractivity (Wildman–Crippen MR) is 98.1 cm³/mol. The monoisotopic (exact) mass is 342 g/mol. The summed E-state index contributed by atoms with van der Waals surface area (Å²) >= 11 is 0. The molecule has 1 amide bonds. The second-order valence-corrected chi connectivity index (χ2v) is 7.02. The Balaban J connectivity index is 1.49. The van der Waals surface area contributed by atoms with Gasteiger partial charge < -0.3 is 14.6 Å². The van der Waals surface area contributed by atoms with Crippen LogP contribution in [0.3, 0.4) is 0 Å². The quantitative estimate of drug-likeness (QED) is 0.925. The summed E-state index contributed by atoms with van der Waals surface area (Å²) in [6.45, 7) is 6.94. The third kappa shape index (κ3) is 3.35. The molecule has 1 N–H and O–H groups in total. The molecule has 2 fully saturated rings. The van der Waals surface area contributed by atoms with Crippen molar-refractivity contribution in [3.8, 4) is 0 Å². The van der Waals surface area contributed by atoms with E-state index >= 15 is 0 Å². The van der Waals surface area contributed by atoms with Crippen LogP contribution >= 0.6 is 0 Å². The Morgan fingerprint density at radius 3 is 2.92 bits per heavy atom. The van der Waals surface area contributed by atoms with Crippen LogP contribution in [0.5, 0.6) is 0 Å². The minimum Gasteiger partial charge on any atom is -0.423 e. The first kappa shape index (κ1) is 16.4. The fraction of sp³-hybridized carbons (Fsp3) is 0.579. The molecule has 2 saturated heterocycles. The first-order valence-corrected chi connectivity index (χ1v) is 9.42. The third-order valence-electron chi connectivity index (χ3n) is 5.32. The number of nitrogens with zero attached hydrogens (tertiary/aromatic N) is 3. The van der Waals surface area contributed by atoms with Gasteiger partial charge in [0.1, 0.15) is 5.52 Å². The van der Waals surface area contributed by atoms with Gasteiger partial charge >= 0.3 is 0 Å². The zero-order valence-electron chi connectivity index (χ0n) is 14.8. The minimum atomic E-state index is -0.0753. The Bertz CT molecular complexity index is 751. The van der Waals surface area contributed by atoms with Crippen molar-refractivity contribution in [1.29, 1.82) is 0 Å². The Kier molecular flexibility index (Phi) is 4.61. The lowest BCUT2D eigenvalue weighted by Crippen LogP contribution is -2.40. The number of oxazole rings is 1. The molecule has 0 spiro atoms. The number of anilines is 1. The van der Waals surface area contributed by atoms with Gasteiger partial charge in [0.2, 0.25) is 0 Å². The fourth-order valence-corrected chi connectivity index (χ4v) is 3.95. The van der Waals surface area contributed by atoms with Gasteiger partial charge in [-0.3, -0.25) is 9.69 Å². The number of fused-ring (bicyclic) bond motifs is 1. The molecule has 0 aliphatic carbocycles. The van der Waals surface area contributed by atoms with E-state index in [0.29, 0.717) is 29.7 Å². The summed E-state index contributed by atoms with van der Waals surface area (Å²) in [5.74, 6) is -0.0753. The maximum Gasteiger partial charge on any atom is 0.298 e. The molecule has 2 aromatic rings. The summed E-state index contributed by atoms with van der Waals surface area (Å²) in [7, 11) is 0. The van der Waals surface area contributed by atoms with Crippen LogP contribution in [0.4, 0.5) is 6.01 Å². The molecule has 134 valence electrons. The molecule has 3 heterocycles. The van der Waals surface area contributed by atoms with Crippen molar-refractivity contribution in [3.05, 3.63) is 23.8 Å². The van der Waals surface area contributed by atoms with E-state index in [9.17, 15) is 4.79 Å². The second kappa shape index (κ2) is 7.04. The van der Waals surface area contributed by atoms with Crippen LogP contribution in [-0.2, 0) is 0 Å². The number of piperidine rings is 1. The fourth-order valence-electron chi connectivity index (χ4n) is 3.95. The first-order valence-electron chi connectivity index (χ1n) is 9.42. The molecule has 4 rings (SSSR count). The summed E-state index contributed by atoms with van der Waals surface area (Å²) in [5, 5.41) is 2.81. The maximum atomic E-state index is 12.0. The van der Waals surface area contributed by atoms with Crippen molar-refractivity contribution >= 4 is 23.0 Å². The van der Waals surface area contributed by atoms with Crippen molar-refractivity contribution < 1.29 is 9.21 Å². The molecule has 6 nitrogen and oxygen atoms in total. The molecule has 1 unspecified atom stereocenters. The van der Waals surface area contributed by atoms with Crippen LogP contribution in [0.25, 0.3) is 11.1 Å². The highest BCUT2D eigenvalue weighted by Gasteiger charge is 2.30. The van der Waals surface area contributed by atoms with Gasteiger partial charge in [-0.2, -0.15) is 4.98 Å². The van der Waals surface area contributed by atoms with Crippen molar-refractivity contribution in [1.82, 2.24) is 15.2 Å². The lowest BCUT2D eigenvalue weighted by Gasteiger charge is -2.31. The zero-order valence-corrected chi connectivity index (χ0v) is 14.8. The van der Waals surface area contributed by atoms with E-state index in [1.807, 2.05) is 13.0 Å². The van der Waals surface area contributed by atoms with Crippen molar-refractivity contribution in [2.75, 3.05) is 37.6 Å². The van der Waals surface area contributed by atoms with E-state index in [0.717, 1.165) is 18.6 Å². The van der Waals surface area contributed by atoms with Crippen LogP contribution in [-0.4, -0.2) is 54.6 Å². The van der Waals surface area contributed by atoms with Crippen LogP contribution in [0.15, 0.2) is 22.6 Å². The lowest BCUT2D eigenvalue weighted by atomic mass is 10.1. The highest BCUT2D eigenvalue weighted by Crippen LogP contribution is 2.28. The second-order valence-electron chi connectivity index (χ2n) is 7.02. The summed E-state index contributed by atoms with van der Waals surface area (Å²) in [4.78, 5) is 21.5. The number of likely N-dealkylation sites (tertiary alicyclic amines) is 1. The van der Waals surface area contributed by atoms with E-state index in [-0.39, 0.29) is 5.91 Å². The molecule has 1 aromatic carbocycles. The van der Waals surface area contributed by atoms with Crippen LogP contribution in [0.2, 0.25) is 0 Å². The third-order valence-corrected chi connectivity index (χ3v) is 5.32. The molecule has 1 aromatic heterocycles. The molecular formula is C19H26N4O2.